The van der Waals surface area contributed by atoms with Crippen LogP contribution in [0.5, 0.6) is 0 Å². The van der Waals surface area contributed by atoms with Crippen LogP contribution >= 0.6 is 0 Å². The third kappa shape index (κ3) is 2.63. The topological polar surface area (TPSA) is 12.0 Å². The Morgan fingerprint density at radius 2 is 2.00 bits per heavy atom. The Hall–Kier alpha value is -1.03. The van der Waals surface area contributed by atoms with Crippen molar-refractivity contribution in [1.82, 2.24) is 5.32 Å². The number of likely N-dealkylation sites (N-methyl/N-ethyl adjacent to an activating group) is 1. The molecule has 1 saturated carbocycles. The number of rotatable bonds is 4. The highest BCUT2D eigenvalue weighted by Crippen LogP contribution is 2.48. The second-order valence-electron chi connectivity index (χ2n) is 4.64. The average molecular weight is 243 g/mol. The van der Waals surface area contributed by atoms with Crippen LogP contribution in [0.15, 0.2) is 24.3 Å². The van der Waals surface area contributed by atoms with Crippen molar-refractivity contribution in [2.24, 2.45) is 0 Å². The second-order valence-corrected chi connectivity index (χ2v) is 4.64. The molecule has 0 heterocycles. The molecule has 1 aliphatic rings. The van der Waals surface area contributed by atoms with Crippen molar-refractivity contribution in [1.29, 1.82) is 0 Å². The van der Waals surface area contributed by atoms with Crippen LogP contribution in [0.25, 0.3) is 0 Å². The molecule has 0 amide bonds. The zero-order chi connectivity index (χ0) is 12.5. The monoisotopic (exact) mass is 243 g/mol. The summed E-state index contributed by atoms with van der Waals surface area (Å²) < 4.78 is 37.8. The highest BCUT2D eigenvalue weighted by Gasteiger charge is 2.44. The first-order valence-corrected chi connectivity index (χ1v) is 5.86. The average Bonchev–Trinajstić information content (AvgIpc) is 3.07. The Morgan fingerprint density at radius 3 is 2.53 bits per heavy atom. The maximum Gasteiger partial charge on any atom is 0.416 e. The molecule has 94 valence electrons. The molecule has 0 saturated heterocycles. The Balaban J connectivity index is 2.22. The van der Waals surface area contributed by atoms with Gasteiger partial charge in [-0.1, -0.05) is 25.1 Å². The fourth-order valence-corrected chi connectivity index (χ4v) is 2.11. The lowest BCUT2D eigenvalue weighted by atomic mass is 9.94. The maximum atomic E-state index is 12.6. The molecule has 0 aromatic heterocycles. The van der Waals surface area contributed by atoms with Gasteiger partial charge in [-0.05, 0) is 31.0 Å². The van der Waals surface area contributed by atoms with Crippen molar-refractivity contribution >= 4 is 0 Å². The smallest absolute Gasteiger partial charge is 0.316 e. The van der Waals surface area contributed by atoms with Gasteiger partial charge in [0, 0.05) is 12.0 Å². The van der Waals surface area contributed by atoms with Gasteiger partial charge >= 0.3 is 6.18 Å². The SMILES string of the molecule is CCNCC1(c2cccc(C(F)(F)F)c2)CC1. The van der Waals surface area contributed by atoms with E-state index in [1.807, 2.05) is 6.92 Å². The van der Waals surface area contributed by atoms with Gasteiger partial charge in [-0.25, -0.2) is 0 Å². The van der Waals surface area contributed by atoms with Crippen LogP contribution < -0.4 is 5.32 Å². The highest BCUT2D eigenvalue weighted by molar-refractivity contribution is 5.36. The molecule has 0 spiro atoms. The van der Waals surface area contributed by atoms with Crippen LogP contribution in [-0.2, 0) is 11.6 Å². The van der Waals surface area contributed by atoms with Crippen molar-refractivity contribution in [3.05, 3.63) is 35.4 Å². The molecule has 17 heavy (non-hydrogen) atoms. The Labute approximate surface area is 99.0 Å². The maximum absolute atomic E-state index is 12.6. The summed E-state index contributed by atoms with van der Waals surface area (Å²) in [4.78, 5) is 0. The van der Waals surface area contributed by atoms with Gasteiger partial charge < -0.3 is 5.32 Å². The largest absolute Gasteiger partial charge is 0.416 e. The van der Waals surface area contributed by atoms with E-state index in [-0.39, 0.29) is 5.41 Å². The molecule has 1 aliphatic carbocycles. The summed E-state index contributed by atoms with van der Waals surface area (Å²) in [5.41, 5.74) is 0.211. The molecule has 0 radical (unpaired) electrons. The number of halogens is 3. The van der Waals surface area contributed by atoms with E-state index < -0.39 is 11.7 Å². The van der Waals surface area contributed by atoms with Gasteiger partial charge in [0.05, 0.1) is 5.56 Å². The summed E-state index contributed by atoms with van der Waals surface area (Å²) in [6, 6.07) is 5.74. The molecule has 1 N–H and O–H groups in total. The van der Waals surface area contributed by atoms with Crippen molar-refractivity contribution < 1.29 is 13.2 Å². The predicted octanol–water partition coefficient (Wildman–Crippen LogP) is 3.35. The van der Waals surface area contributed by atoms with E-state index in [0.29, 0.717) is 0 Å². The third-order valence-electron chi connectivity index (χ3n) is 3.37. The molecule has 4 heteroatoms. The zero-order valence-electron chi connectivity index (χ0n) is 9.77. The Morgan fingerprint density at radius 1 is 1.29 bits per heavy atom. The zero-order valence-corrected chi connectivity index (χ0v) is 9.77. The normalized spacial score (nSPS) is 18.1. The molecule has 1 fully saturated rings. The van der Waals surface area contributed by atoms with Gasteiger partial charge in [-0.2, -0.15) is 13.2 Å². The molecular weight excluding hydrogens is 227 g/mol. The fraction of sp³-hybridized carbons (Fsp3) is 0.538. The van der Waals surface area contributed by atoms with E-state index in [1.54, 1.807) is 6.07 Å². The van der Waals surface area contributed by atoms with Gasteiger partial charge in [-0.3, -0.25) is 0 Å². The summed E-state index contributed by atoms with van der Waals surface area (Å²) >= 11 is 0. The molecule has 0 aliphatic heterocycles. The summed E-state index contributed by atoms with van der Waals surface area (Å²) in [7, 11) is 0. The molecule has 0 bridgehead atoms. The number of hydrogen-bond donors (Lipinski definition) is 1. The van der Waals surface area contributed by atoms with Crippen LogP contribution in [0.2, 0.25) is 0 Å². The molecule has 1 aromatic rings. The van der Waals surface area contributed by atoms with Crippen molar-refractivity contribution in [3.8, 4) is 0 Å². The predicted molar refractivity (Wildman–Crippen MR) is 60.9 cm³/mol. The van der Waals surface area contributed by atoms with Gasteiger partial charge in [0.1, 0.15) is 0 Å². The Bertz CT molecular complexity index is 394. The van der Waals surface area contributed by atoms with Gasteiger partial charge in [0.2, 0.25) is 0 Å². The molecule has 0 atom stereocenters. The quantitative estimate of drug-likeness (QED) is 0.855. The van der Waals surface area contributed by atoms with E-state index in [1.165, 1.54) is 12.1 Å². The van der Waals surface area contributed by atoms with E-state index in [0.717, 1.165) is 37.6 Å². The number of nitrogens with one attached hydrogen (secondary N) is 1. The number of benzene rings is 1. The van der Waals surface area contributed by atoms with Crippen molar-refractivity contribution in [3.63, 3.8) is 0 Å². The Kier molecular flexibility index (Phi) is 3.17. The van der Waals surface area contributed by atoms with E-state index >= 15 is 0 Å². The van der Waals surface area contributed by atoms with Gasteiger partial charge in [-0.15, -0.1) is 0 Å². The molecule has 1 nitrogen and oxygen atoms in total. The van der Waals surface area contributed by atoms with E-state index in [2.05, 4.69) is 5.32 Å². The second kappa shape index (κ2) is 4.33. The van der Waals surface area contributed by atoms with Crippen LogP contribution in [-0.4, -0.2) is 13.1 Å². The number of alkyl halides is 3. The minimum Gasteiger partial charge on any atom is -0.316 e. The van der Waals surface area contributed by atoms with Crippen LogP contribution in [0.1, 0.15) is 30.9 Å². The summed E-state index contributed by atoms with van der Waals surface area (Å²) in [6.45, 7) is 3.62. The third-order valence-corrected chi connectivity index (χ3v) is 3.37. The molecular formula is C13H16F3N. The molecule has 0 unspecified atom stereocenters. The van der Waals surface area contributed by atoms with Gasteiger partial charge in [0.25, 0.3) is 0 Å². The van der Waals surface area contributed by atoms with Crippen LogP contribution in [0.4, 0.5) is 13.2 Å². The van der Waals surface area contributed by atoms with E-state index in [4.69, 9.17) is 0 Å². The van der Waals surface area contributed by atoms with Crippen molar-refractivity contribution in [2.45, 2.75) is 31.4 Å². The number of hydrogen-bond acceptors (Lipinski definition) is 1. The molecule has 2 rings (SSSR count). The van der Waals surface area contributed by atoms with E-state index in [9.17, 15) is 13.2 Å². The highest BCUT2D eigenvalue weighted by atomic mass is 19.4. The minimum absolute atomic E-state index is 0.0583. The van der Waals surface area contributed by atoms with Gasteiger partial charge in [0.15, 0.2) is 0 Å². The first kappa shape index (κ1) is 12.4. The lowest BCUT2D eigenvalue weighted by Gasteiger charge is -2.17. The summed E-state index contributed by atoms with van der Waals surface area (Å²) in [5, 5.41) is 3.23. The first-order valence-electron chi connectivity index (χ1n) is 5.86. The van der Waals surface area contributed by atoms with Crippen LogP contribution in [0, 0.1) is 0 Å². The lowest BCUT2D eigenvalue weighted by Crippen LogP contribution is -2.26. The standard InChI is InChI=1S/C13H16F3N/c1-2-17-9-12(6-7-12)10-4-3-5-11(8-10)13(14,15)16/h3-5,8,17H,2,6-7,9H2,1H3. The fourth-order valence-electron chi connectivity index (χ4n) is 2.11. The minimum atomic E-state index is -4.25. The summed E-state index contributed by atoms with van der Waals surface area (Å²) in [6.07, 6.45) is -2.30. The summed E-state index contributed by atoms with van der Waals surface area (Å²) in [5.74, 6) is 0. The van der Waals surface area contributed by atoms with Crippen molar-refractivity contribution in [2.75, 3.05) is 13.1 Å². The molecule has 1 aromatic carbocycles. The first-order chi connectivity index (χ1) is 7.98. The lowest BCUT2D eigenvalue weighted by molar-refractivity contribution is -0.137. The van der Waals surface area contributed by atoms with Crippen LogP contribution in [0.3, 0.4) is 0 Å².